The van der Waals surface area contributed by atoms with E-state index < -0.39 is 0 Å². The second-order valence-electron chi connectivity index (χ2n) is 5.56. The normalized spacial score (nSPS) is 30.1. The zero-order valence-electron chi connectivity index (χ0n) is 10.8. The number of rotatable bonds is 3. The summed E-state index contributed by atoms with van der Waals surface area (Å²) in [6, 6.07) is 0. The highest BCUT2D eigenvalue weighted by molar-refractivity contribution is 5.93. The molecule has 0 aliphatic carbocycles. The molecular weight excluding hydrogens is 230 g/mol. The van der Waals surface area contributed by atoms with E-state index in [1.165, 1.54) is 0 Å². The Balaban J connectivity index is 1.69. The molecule has 2 saturated heterocycles. The van der Waals surface area contributed by atoms with E-state index in [9.17, 15) is 4.79 Å². The van der Waals surface area contributed by atoms with Gasteiger partial charge in [0.1, 0.15) is 5.82 Å². The lowest BCUT2D eigenvalue weighted by Gasteiger charge is -2.18. The number of amides is 1. The zero-order valence-corrected chi connectivity index (χ0v) is 10.8. The van der Waals surface area contributed by atoms with E-state index in [-0.39, 0.29) is 17.9 Å². The van der Waals surface area contributed by atoms with Crippen molar-refractivity contribution in [2.24, 2.45) is 5.92 Å². The van der Waals surface area contributed by atoms with E-state index in [1.807, 2.05) is 0 Å². The molecule has 2 N–H and O–H groups in total. The van der Waals surface area contributed by atoms with Crippen LogP contribution in [-0.2, 0) is 9.53 Å². The van der Waals surface area contributed by atoms with Crippen LogP contribution in [0.4, 0.5) is 5.82 Å². The lowest BCUT2D eigenvalue weighted by molar-refractivity contribution is -0.121. The van der Waals surface area contributed by atoms with Gasteiger partial charge in [-0.2, -0.15) is 5.10 Å². The molecule has 18 heavy (non-hydrogen) atoms. The van der Waals surface area contributed by atoms with Crippen molar-refractivity contribution in [2.45, 2.75) is 51.2 Å². The van der Waals surface area contributed by atoms with E-state index in [1.54, 1.807) is 6.20 Å². The Bertz CT molecular complexity index is 455. The van der Waals surface area contributed by atoms with Crippen LogP contribution in [0.5, 0.6) is 0 Å². The summed E-state index contributed by atoms with van der Waals surface area (Å²) >= 11 is 0. The minimum Gasteiger partial charge on any atom is -0.374 e. The Morgan fingerprint density at radius 1 is 1.56 bits per heavy atom. The smallest absolute Gasteiger partial charge is 0.231 e. The van der Waals surface area contributed by atoms with Crippen molar-refractivity contribution in [3.63, 3.8) is 0 Å². The number of H-pyrrole nitrogens is 1. The molecule has 5 nitrogen and oxygen atoms in total. The predicted molar refractivity (Wildman–Crippen MR) is 67.3 cm³/mol. The summed E-state index contributed by atoms with van der Waals surface area (Å²) in [5.74, 6) is 1.15. The second-order valence-corrected chi connectivity index (χ2v) is 5.56. The largest absolute Gasteiger partial charge is 0.374 e. The standard InChI is InChI=1S/C13H19N3O2/c1-7(2)10-6-14-16-12(10)15-13(17)9-5-8-3-4-11(9)18-8/h6-9,11H,3-5H2,1-2H3,(H2,14,15,16,17)/t8-,9-,11+/m1/s1. The molecule has 3 rings (SSSR count). The number of hydrogen-bond donors (Lipinski definition) is 2. The lowest BCUT2D eigenvalue weighted by Crippen LogP contribution is -2.31. The van der Waals surface area contributed by atoms with Crippen LogP contribution in [0.25, 0.3) is 0 Å². The van der Waals surface area contributed by atoms with Gasteiger partial charge >= 0.3 is 0 Å². The number of ether oxygens (including phenoxy) is 1. The van der Waals surface area contributed by atoms with Gasteiger partial charge in [0.25, 0.3) is 0 Å². The maximum atomic E-state index is 12.2. The van der Waals surface area contributed by atoms with Crippen LogP contribution in [0.2, 0.25) is 0 Å². The summed E-state index contributed by atoms with van der Waals surface area (Å²) in [7, 11) is 0. The molecule has 0 aromatic carbocycles. The number of fused-ring (bicyclic) bond motifs is 2. The summed E-state index contributed by atoms with van der Waals surface area (Å²) < 4.78 is 5.72. The second kappa shape index (κ2) is 4.39. The fourth-order valence-electron chi connectivity index (χ4n) is 2.96. The van der Waals surface area contributed by atoms with Crippen molar-refractivity contribution in [1.29, 1.82) is 0 Å². The molecule has 98 valence electrons. The molecule has 0 unspecified atom stereocenters. The number of hydrogen-bond acceptors (Lipinski definition) is 3. The van der Waals surface area contributed by atoms with Gasteiger partial charge in [-0.15, -0.1) is 0 Å². The van der Waals surface area contributed by atoms with Gasteiger partial charge in [-0.1, -0.05) is 13.8 Å². The first-order chi connectivity index (χ1) is 8.65. The van der Waals surface area contributed by atoms with Crippen LogP contribution in [-0.4, -0.2) is 28.3 Å². The van der Waals surface area contributed by atoms with Crippen LogP contribution >= 0.6 is 0 Å². The fourth-order valence-corrected chi connectivity index (χ4v) is 2.96. The molecule has 2 bridgehead atoms. The molecule has 5 heteroatoms. The monoisotopic (exact) mass is 249 g/mol. The van der Waals surface area contributed by atoms with Crippen molar-refractivity contribution < 1.29 is 9.53 Å². The number of nitrogens with zero attached hydrogens (tertiary/aromatic N) is 1. The quantitative estimate of drug-likeness (QED) is 0.861. The Kier molecular flexibility index (Phi) is 2.86. The van der Waals surface area contributed by atoms with Gasteiger partial charge in [0.15, 0.2) is 0 Å². The number of carbonyl (C=O) groups is 1. The van der Waals surface area contributed by atoms with Crippen molar-refractivity contribution in [2.75, 3.05) is 5.32 Å². The zero-order chi connectivity index (χ0) is 12.7. The van der Waals surface area contributed by atoms with Crippen molar-refractivity contribution in [3.05, 3.63) is 11.8 Å². The van der Waals surface area contributed by atoms with Crippen LogP contribution in [0.15, 0.2) is 6.20 Å². The van der Waals surface area contributed by atoms with Crippen molar-refractivity contribution in [1.82, 2.24) is 10.2 Å². The van der Waals surface area contributed by atoms with Crippen molar-refractivity contribution >= 4 is 11.7 Å². The topological polar surface area (TPSA) is 67.0 Å². The summed E-state index contributed by atoms with van der Waals surface area (Å²) in [4.78, 5) is 12.2. The van der Waals surface area contributed by atoms with E-state index >= 15 is 0 Å². The Labute approximate surface area is 106 Å². The highest BCUT2D eigenvalue weighted by atomic mass is 16.5. The lowest BCUT2D eigenvalue weighted by atomic mass is 9.88. The molecule has 3 heterocycles. The van der Waals surface area contributed by atoms with Gasteiger partial charge in [-0.05, 0) is 25.2 Å². The predicted octanol–water partition coefficient (Wildman–Crippen LogP) is 2.04. The van der Waals surface area contributed by atoms with Gasteiger partial charge in [0.2, 0.25) is 5.91 Å². The summed E-state index contributed by atoms with van der Waals surface area (Å²) in [6.45, 7) is 4.17. The van der Waals surface area contributed by atoms with E-state index in [0.717, 1.165) is 30.6 Å². The average Bonchev–Trinajstić information content (AvgIpc) is 3.03. The third-order valence-electron chi connectivity index (χ3n) is 3.98. The Hall–Kier alpha value is -1.36. The molecule has 0 saturated carbocycles. The molecule has 2 aliphatic heterocycles. The number of nitrogens with one attached hydrogen (secondary N) is 2. The molecule has 1 aromatic rings. The molecule has 2 fully saturated rings. The van der Waals surface area contributed by atoms with Gasteiger partial charge in [0.05, 0.1) is 24.3 Å². The summed E-state index contributed by atoms with van der Waals surface area (Å²) in [5, 5.41) is 9.82. The molecule has 0 spiro atoms. The third-order valence-corrected chi connectivity index (χ3v) is 3.98. The number of anilines is 1. The minimum absolute atomic E-state index is 0.00654. The first-order valence-electron chi connectivity index (χ1n) is 6.64. The molecular formula is C13H19N3O2. The van der Waals surface area contributed by atoms with Gasteiger partial charge < -0.3 is 10.1 Å². The first kappa shape index (κ1) is 11.7. The van der Waals surface area contributed by atoms with E-state index in [4.69, 9.17) is 4.74 Å². The van der Waals surface area contributed by atoms with Gasteiger partial charge in [0, 0.05) is 5.56 Å². The number of aromatic nitrogens is 2. The first-order valence-corrected chi connectivity index (χ1v) is 6.64. The number of aromatic amines is 1. The molecule has 1 aromatic heterocycles. The van der Waals surface area contributed by atoms with Gasteiger partial charge in [-0.25, -0.2) is 0 Å². The van der Waals surface area contributed by atoms with E-state index in [0.29, 0.717) is 12.0 Å². The fraction of sp³-hybridized carbons (Fsp3) is 0.692. The van der Waals surface area contributed by atoms with Crippen LogP contribution < -0.4 is 5.32 Å². The highest BCUT2D eigenvalue weighted by Gasteiger charge is 2.44. The molecule has 3 atom stereocenters. The molecule has 0 radical (unpaired) electrons. The maximum absolute atomic E-state index is 12.2. The van der Waals surface area contributed by atoms with E-state index in [2.05, 4.69) is 29.4 Å². The third kappa shape index (κ3) is 1.92. The summed E-state index contributed by atoms with van der Waals surface area (Å²) in [5.41, 5.74) is 1.05. The SMILES string of the molecule is CC(C)c1cn[nH]c1NC(=O)[C@@H]1C[C@H]2CC[C@@H]1O2. The maximum Gasteiger partial charge on any atom is 0.231 e. The van der Waals surface area contributed by atoms with Crippen LogP contribution in [0.3, 0.4) is 0 Å². The van der Waals surface area contributed by atoms with Crippen LogP contribution in [0.1, 0.15) is 44.6 Å². The molecule has 1 amide bonds. The molecule has 2 aliphatic rings. The average molecular weight is 249 g/mol. The number of carbonyl (C=O) groups excluding carboxylic acids is 1. The van der Waals surface area contributed by atoms with Gasteiger partial charge in [-0.3, -0.25) is 9.89 Å². The van der Waals surface area contributed by atoms with Crippen molar-refractivity contribution in [3.8, 4) is 0 Å². The Morgan fingerprint density at radius 2 is 2.39 bits per heavy atom. The highest BCUT2D eigenvalue weighted by Crippen LogP contribution is 2.39. The minimum atomic E-state index is 0.00654. The Morgan fingerprint density at radius 3 is 3.00 bits per heavy atom. The summed E-state index contributed by atoms with van der Waals surface area (Å²) in [6.07, 6.45) is 5.19. The van der Waals surface area contributed by atoms with Crippen LogP contribution in [0, 0.1) is 5.92 Å².